The molecule has 0 bridgehead atoms. The molecule has 368 valence electrons. The second kappa shape index (κ2) is 23.4. The fourth-order valence-corrected chi connectivity index (χ4v) is 9.39. The maximum Gasteiger partial charge on any atom is 0.307 e. The van der Waals surface area contributed by atoms with Gasteiger partial charge in [0.15, 0.2) is 6.79 Å². The topological polar surface area (TPSA) is 121 Å². The Morgan fingerprint density at radius 3 is 1.62 bits per heavy atom. The fourth-order valence-electron chi connectivity index (χ4n) is 9.39. The highest BCUT2D eigenvalue weighted by atomic mass is 16.7. The van der Waals surface area contributed by atoms with E-state index in [0.717, 1.165) is 64.8 Å². The number of hydrogen-bond acceptors (Lipinski definition) is 9. The van der Waals surface area contributed by atoms with Crippen LogP contribution in [0.1, 0.15) is 162 Å². The number of aliphatic hydroxyl groups excluding tert-OH is 1. The minimum absolute atomic E-state index is 0.0302. The summed E-state index contributed by atoms with van der Waals surface area (Å²) in [4.78, 5) is 24.2. The predicted molar refractivity (Wildman–Crippen MR) is 273 cm³/mol. The van der Waals surface area contributed by atoms with Crippen LogP contribution in [0.4, 0.5) is 0 Å². The fraction of sp³-hybridized carbons (Fsp3) is 0.492. The van der Waals surface area contributed by atoms with Crippen molar-refractivity contribution in [1.82, 2.24) is 0 Å². The molecule has 9 heteroatoms. The molecule has 4 aromatic rings. The molecule has 0 unspecified atom stereocenters. The third-order valence-corrected chi connectivity index (χ3v) is 14.0. The number of benzene rings is 4. The van der Waals surface area contributed by atoms with Crippen molar-refractivity contribution in [2.45, 2.75) is 169 Å². The second-order valence-corrected chi connectivity index (χ2v) is 19.8. The van der Waals surface area contributed by atoms with Crippen LogP contribution in [0.15, 0.2) is 84.9 Å². The predicted octanol–water partition coefficient (Wildman–Crippen LogP) is 12.5. The van der Waals surface area contributed by atoms with Crippen LogP contribution in [0.2, 0.25) is 0 Å². The van der Waals surface area contributed by atoms with Gasteiger partial charge in [0.1, 0.15) is 30.8 Å². The summed E-state index contributed by atoms with van der Waals surface area (Å²) in [6, 6.07) is 25.9. The van der Waals surface area contributed by atoms with Crippen LogP contribution in [0, 0.1) is 27.7 Å². The van der Waals surface area contributed by atoms with E-state index in [2.05, 4.69) is 109 Å². The smallest absolute Gasteiger partial charge is 0.307 e. The molecule has 0 aliphatic carbocycles. The lowest BCUT2D eigenvalue weighted by Gasteiger charge is -2.34. The van der Waals surface area contributed by atoms with Gasteiger partial charge in [-0.3, -0.25) is 9.59 Å². The summed E-state index contributed by atoms with van der Waals surface area (Å²) in [5.74, 6) is 0.892. The molecule has 0 amide bonds. The Bertz CT molecular complexity index is 2390. The number of aryl methyl sites for hydroxylation is 4. The molecule has 1 heterocycles. The molecule has 0 saturated carbocycles. The summed E-state index contributed by atoms with van der Waals surface area (Å²) < 4.78 is 28.9. The number of rotatable bonds is 24. The van der Waals surface area contributed by atoms with Crippen LogP contribution in [0.3, 0.4) is 0 Å². The summed E-state index contributed by atoms with van der Waals surface area (Å²) in [5, 5.41) is 20.9. The van der Waals surface area contributed by atoms with Gasteiger partial charge in [-0.1, -0.05) is 113 Å². The van der Waals surface area contributed by atoms with Gasteiger partial charge in [-0.2, -0.15) is 0 Å². The third-order valence-electron chi connectivity index (χ3n) is 14.0. The Kier molecular flexibility index (Phi) is 18.5. The van der Waals surface area contributed by atoms with Crippen LogP contribution in [-0.4, -0.2) is 65.6 Å². The Morgan fingerprint density at radius 1 is 0.706 bits per heavy atom. The highest BCUT2D eigenvalue weighted by molar-refractivity contribution is 5.71. The number of carbonyl (C=O) groups is 2. The van der Waals surface area contributed by atoms with Gasteiger partial charge in [-0.15, -0.1) is 0 Å². The van der Waals surface area contributed by atoms with E-state index in [1.165, 1.54) is 22.3 Å². The molecular formula is C59H78O9. The number of hydrogen-bond donors (Lipinski definition) is 2. The zero-order valence-electron chi connectivity index (χ0n) is 42.9. The lowest BCUT2D eigenvalue weighted by Crippen LogP contribution is -2.26. The lowest BCUT2D eigenvalue weighted by atomic mass is 9.70. The van der Waals surface area contributed by atoms with Crippen LogP contribution >= 0.6 is 0 Å². The highest BCUT2D eigenvalue weighted by Crippen LogP contribution is 2.43. The van der Waals surface area contributed by atoms with E-state index in [1.807, 2.05) is 57.2 Å². The first-order chi connectivity index (χ1) is 32.2. The van der Waals surface area contributed by atoms with E-state index in [1.54, 1.807) is 13.8 Å². The Labute approximate surface area is 406 Å². The molecule has 2 atom stereocenters. The van der Waals surface area contributed by atoms with Gasteiger partial charge >= 0.3 is 11.9 Å². The molecule has 1 aliphatic rings. The molecule has 9 nitrogen and oxygen atoms in total. The Hall–Kier alpha value is -5.22. The maximum absolute atomic E-state index is 12.7. The van der Waals surface area contributed by atoms with Crippen LogP contribution in [-0.2, 0) is 34.6 Å². The molecule has 1 fully saturated rings. The van der Waals surface area contributed by atoms with Crippen molar-refractivity contribution in [3.63, 3.8) is 0 Å². The van der Waals surface area contributed by atoms with E-state index in [4.69, 9.17) is 23.7 Å². The molecule has 2 N–H and O–H groups in total. The molecule has 0 radical (unpaired) electrons. The van der Waals surface area contributed by atoms with Crippen LogP contribution in [0.5, 0.6) is 11.5 Å². The van der Waals surface area contributed by atoms with E-state index < -0.39 is 23.3 Å². The highest BCUT2D eigenvalue weighted by Gasteiger charge is 2.33. The number of aliphatic hydroxyl groups is 2. The lowest BCUT2D eigenvalue weighted by molar-refractivity contribution is -0.165. The molecule has 0 aromatic heterocycles. The molecule has 68 heavy (non-hydrogen) atoms. The molecule has 0 spiro atoms. The largest absolute Gasteiger partial charge is 0.491 e. The second-order valence-electron chi connectivity index (χ2n) is 19.8. The third kappa shape index (κ3) is 13.7. The van der Waals surface area contributed by atoms with Gasteiger partial charge in [0.05, 0.1) is 17.3 Å². The molecule has 4 aromatic carbocycles. The summed E-state index contributed by atoms with van der Waals surface area (Å²) in [6.45, 7) is 24.8. The maximum atomic E-state index is 12.7. The summed E-state index contributed by atoms with van der Waals surface area (Å²) in [6.07, 6.45) is 11.9. The van der Waals surface area contributed by atoms with Gasteiger partial charge in [0.2, 0.25) is 0 Å². The number of esters is 2. The van der Waals surface area contributed by atoms with Crippen molar-refractivity contribution in [3.8, 4) is 11.5 Å². The first-order valence-corrected chi connectivity index (χ1v) is 24.7. The van der Waals surface area contributed by atoms with Gasteiger partial charge in [0, 0.05) is 23.7 Å². The summed E-state index contributed by atoms with van der Waals surface area (Å²) in [7, 11) is 0. The van der Waals surface area contributed by atoms with E-state index in [-0.39, 0.29) is 49.1 Å². The zero-order valence-corrected chi connectivity index (χ0v) is 42.9. The normalized spacial score (nSPS) is 15.3. The standard InChI is InChI=1S/C59H78O9/c1-13-58(14-2,46-19-17-44(40(5)33-46)29-31-56(9,10)63)48-21-25-52(42(7)35-48)64-37-50(60)23-27-54(61)66-39-67-57(11,12)32-30-45-18-20-47(34-41(45)6)59(15-3,16-4)49-22-26-53(43(8)36-49)65-38-51-24-28-55(62)68-51/h17-22,25-26,29-36,50-51,60,63H,13-16,23-24,27-28,37-39H2,1-12H3/b31-29+,32-30+/t50-,51-/m0/s1. The van der Waals surface area contributed by atoms with Gasteiger partial charge < -0.3 is 33.9 Å². The van der Waals surface area contributed by atoms with Crippen molar-refractivity contribution in [1.29, 1.82) is 0 Å². The Morgan fingerprint density at radius 2 is 1.18 bits per heavy atom. The van der Waals surface area contributed by atoms with Gasteiger partial charge in [-0.05, 0) is 162 Å². The molecular weight excluding hydrogens is 853 g/mol. The van der Waals surface area contributed by atoms with Crippen LogP contribution < -0.4 is 9.47 Å². The average molecular weight is 931 g/mol. The van der Waals surface area contributed by atoms with Crippen LogP contribution in [0.25, 0.3) is 12.2 Å². The number of carbonyl (C=O) groups excluding carboxylic acids is 2. The van der Waals surface area contributed by atoms with E-state index >= 15 is 0 Å². The van der Waals surface area contributed by atoms with E-state index in [9.17, 15) is 19.8 Å². The van der Waals surface area contributed by atoms with Crippen molar-refractivity contribution in [2.75, 3.05) is 20.0 Å². The minimum Gasteiger partial charge on any atom is -0.491 e. The van der Waals surface area contributed by atoms with Crippen molar-refractivity contribution in [3.05, 3.63) is 141 Å². The van der Waals surface area contributed by atoms with Gasteiger partial charge in [-0.25, -0.2) is 0 Å². The summed E-state index contributed by atoms with van der Waals surface area (Å²) in [5.41, 5.74) is 9.48. The first-order valence-electron chi connectivity index (χ1n) is 24.7. The quantitative estimate of drug-likeness (QED) is 0.0522. The summed E-state index contributed by atoms with van der Waals surface area (Å²) >= 11 is 0. The molecule has 5 rings (SSSR count). The number of cyclic esters (lactones) is 1. The molecule has 1 aliphatic heterocycles. The number of ether oxygens (including phenoxy) is 5. The Balaban J connectivity index is 1.09. The van der Waals surface area contributed by atoms with Crippen molar-refractivity contribution < 1.29 is 43.5 Å². The van der Waals surface area contributed by atoms with Crippen molar-refractivity contribution in [2.24, 2.45) is 0 Å². The van der Waals surface area contributed by atoms with Crippen molar-refractivity contribution >= 4 is 24.1 Å². The van der Waals surface area contributed by atoms with Gasteiger partial charge in [0.25, 0.3) is 0 Å². The minimum atomic E-state index is -0.877. The SMILES string of the molecule is CCC(CC)(c1ccc(/C=C/C(C)(C)O)c(C)c1)c1ccc(OC[C@@H](O)CCC(=O)OCOC(C)(C)/C=C/c2ccc(C(CC)(CC)c3ccc(OC[C@@H]4CCC(=O)O4)c(C)c3)cc2C)c(C)c1. The van der Waals surface area contributed by atoms with E-state index in [0.29, 0.717) is 25.2 Å². The monoisotopic (exact) mass is 931 g/mol. The molecule has 1 saturated heterocycles. The average Bonchev–Trinajstić information content (AvgIpc) is 3.72. The first kappa shape index (κ1) is 53.7. The zero-order chi connectivity index (χ0) is 49.9.